The number of para-hydroxylation sites is 1. The van der Waals surface area contributed by atoms with Crippen molar-refractivity contribution < 1.29 is 19.5 Å². The molecule has 0 aromatic heterocycles. The molecule has 3 aliphatic heterocycles. The van der Waals surface area contributed by atoms with E-state index < -0.39 is 22.6 Å². The number of amides is 3. The van der Waals surface area contributed by atoms with Gasteiger partial charge in [-0.3, -0.25) is 14.4 Å². The van der Waals surface area contributed by atoms with Crippen molar-refractivity contribution in [1.29, 1.82) is 0 Å². The molecule has 2 bridgehead atoms. The highest BCUT2D eigenvalue weighted by Gasteiger charge is 2.74. The Balaban J connectivity index is 1.52. The molecule has 7 nitrogen and oxygen atoms in total. The fourth-order valence-electron chi connectivity index (χ4n) is 7.16. The zero-order valence-corrected chi connectivity index (χ0v) is 26.0. The van der Waals surface area contributed by atoms with Crippen LogP contribution in [0.15, 0.2) is 79.9 Å². The van der Waals surface area contributed by atoms with Gasteiger partial charge >= 0.3 is 0 Å². The van der Waals surface area contributed by atoms with E-state index in [9.17, 15) is 19.5 Å². The van der Waals surface area contributed by atoms with E-state index in [2.05, 4.69) is 13.2 Å². The number of likely N-dealkylation sites (tertiary alicyclic amines) is 1. The van der Waals surface area contributed by atoms with Crippen molar-refractivity contribution in [1.82, 2.24) is 4.90 Å². The first kappa shape index (κ1) is 31.4. The van der Waals surface area contributed by atoms with Crippen LogP contribution < -0.4 is 9.80 Å². The molecule has 228 valence electrons. The number of benzene rings is 2. The van der Waals surface area contributed by atoms with E-state index in [-0.39, 0.29) is 36.1 Å². The fraction of sp³-hybridized carbons (Fsp3) is 0.441. The van der Waals surface area contributed by atoms with Crippen LogP contribution in [0.3, 0.4) is 0 Å². The van der Waals surface area contributed by atoms with Crippen LogP contribution in [0.25, 0.3) is 0 Å². The summed E-state index contributed by atoms with van der Waals surface area (Å²) in [4.78, 5) is 48.7. The van der Waals surface area contributed by atoms with Gasteiger partial charge in [-0.2, -0.15) is 0 Å². The summed E-state index contributed by atoms with van der Waals surface area (Å²) in [6.45, 7) is 8.97. The molecule has 1 N–H and O–H groups in total. The van der Waals surface area contributed by atoms with Crippen LogP contribution >= 0.6 is 23.4 Å². The summed E-state index contributed by atoms with van der Waals surface area (Å²) in [5.41, 5.74) is 1.46. The number of hydrogen-bond donors (Lipinski definition) is 1. The summed E-state index contributed by atoms with van der Waals surface area (Å²) >= 11 is 7.84. The quantitative estimate of drug-likeness (QED) is 0.216. The molecule has 2 aromatic rings. The Morgan fingerprint density at radius 2 is 1.58 bits per heavy atom. The minimum absolute atomic E-state index is 0.0390. The molecule has 0 saturated carbocycles. The minimum Gasteiger partial charge on any atom is -0.396 e. The lowest BCUT2D eigenvalue weighted by Gasteiger charge is -2.37. The lowest BCUT2D eigenvalue weighted by molar-refractivity contribution is -0.139. The van der Waals surface area contributed by atoms with E-state index in [1.165, 1.54) is 0 Å². The third kappa shape index (κ3) is 5.89. The summed E-state index contributed by atoms with van der Waals surface area (Å²) < 4.78 is -0.688. The number of aliphatic hydroxyl groups excluding tert-OH is 1. The number of aliphatic hydroxyl groups is 1. The number of anilines is 2. The molecule has 5 atom stereocenters. The molecule has 3 amide bonds. The Morgan fingerprint density at radius 3 is 2.23 bits per heavy atom. The second kappa shape index (κ2) is 13.7. The van der Waals surface area contributed by atoms with Gasteiger partial charge in [0.1, 0.15) is 6.04 Å². The van der Waals surface area contributed by atoms with Gasteiger partial charge < -0.3 is 19.8 Å². The van der Waals surface area contributed by atoms with Crippen LogP contribution in [0.4, 0.5) is 11.4 Å². The van der Waals surface area contributed by atoms with Gasteiger partial charge in [-0.05, 0) is 62.1 Å². The van der Waals surface area contributed by atoms with Crippen LogP contribution in [-0.2, 0) is 14.4 Å². The molecule has 0 radical (unpaired) electrons. The Hall–Kier alpha value is -3.07. The number of unbranched alkanes of at least 4 members (excludes halogenated alkanes) is 3. The molecule has 43 heavy (non-hydrogen) atoms. The Bertz CT molecular complexity index is 1340. The van der Waals surface area contributed by atoms with Crippen LogP contribution in [0.1, 0.15) is 38.5 Å². The Morgan fingerprint density at radius 1 is 0.953 bits per heavy atom. The van der Waals surface area contributed by atoms with Crippen molar-refractivity contribution in [3.05, 3.63) is 84.9 Å². The second-order valence-corrected chi connectivity index (χ2v) is 13.6. The maximum absolute atomic E-state index is 14.7. The molecule has 3 aliphatic rings. The molecule has 5 rings (SSSR count). The van der Waals surface area contributed by atoms with Crippen LogP contribution in [0, 0.1) is 11.8 Å². The molecule has 3 fully saturated rings. The minimum atomic E-state index is -0.698. The monoisotopic (exact) mass is 621 g/mol. The highest BCUT2D eigenvalue weighted by molar-refractivity contribution is 8.02. The zero-order valence-electron chi connectivity index (χ0n) is 24.4. The highest BCUT2D eigenvalue weighted by atomic mass is 35.5. The number of carbonyl (C=O) groups excluding carboxylic acids is 3. The van der Waals surface area contributed by atoms with Crippen molar-refractivity contribution in [2.24, 2.45) is 11.8 Å². The van der Waals surface area contributed by atoms with Gasteiger partial charge in [0.2, 0.25) is 11.8 Å². The zero-order chi connectivity index (χ0) is 30.6. The van der Waals surface area contributed by atoms with Gasteiger partial charge in [0.15, 0.2) is 0 Å². The second-order valence-electron chi connectivity index (χ2n) is 11.5. The summed E-state index contributed by atoms with van der Waals surface area (Å²) in [5.74, 6) is -1.44. The van der Waals surface area contributed by atoms with Crippen molar-refractivity contribution in [3.8, 4) is 0 Å². The molecule has 2 unspecified atom stereocenters. The lowest BCUT2D eigenvalue weighted by atomic mass is 9.70. The third-order valence-corrected chi connectivity index (χ3v) is 11.2. The fourth-order valence-corrected chi connectivity index (χ4v) is 9.49. The number of halogens is 1. The number of hydrogen-bond acceptors (Lipinski definition) is 5. The normalized spacial score (nSPS) is 25.4. The Kier molecular flexibility index (Phi) is 9.99. The SMILES string of the molecule is C=CCN(C(=O)C1N(CCCCCCO)C(=O)[C@@H]2[C@H](C(=O)N(CC=C)c3ccccc3)[C@@H]3CCC12S3)c1ccc(Cl)cc1. The maximum atomic E-state index is 14.7. The van der Waals surface area contributed by atoms with E-state index in [1.807, 2.05) is 42.5 Å². The van der Waals surface area contributed by atoms with Crippen LogP contribution in [0.2, 0.25) is 5.02 Å². The predicted octanol–water partition coefficient (Wildman–Crippen LogP) is 5.72. The van der Waals surface area contributed by atoms with Crippen molar-refractivity contribution in [2.75, 3.05) is 36.0 Å². The highest BCUT2D eigenvalue weighted by Crippen LogP contribution is 2.66. The van der Waals surface area contributed by atoms with Gasteiger partial charge in [-0.15, -0.1) is 24.9 Å². The van der Waals surface area contributed by atoms with Gasteiger partial charge in [0, 0.05) is 47.9 Å². The first-order valence-electron chi connectivity index (χ1n) is 15.1. The van der Waals surface area contributed by atoms with Crippen molar-refractivity contribution in [2.45, 2.75) is 54.6 Å². The maximum Gasteiger partial charge on any atom is 0.251 e. The van der Waals surface area contributed by atoms with Gasteiger partial charge in [0.05, 0.1) is 16.6 Å². The molecular formula is C34H40ClN3O4S. The van der Waals surface area contributed by atoms with Crippen LogP contribution in [-0.4, -0.2) is 70.0 Å². The molecule has 3 saturated heterocycles. The summed E-state index contributed by atoms with van der Waals surface area (Å²) in [5, 5.41) is 9.75. The molecule has 9 heteroatoms. The molecule has 0 aliphatic carbocycles. The van der Waals surface area contributed by atoms with Gasteiger partial charge in [-0.1, -0.05) is 54.8 Å². The van der Waals surface area contributed by atoms with E-state index >= 15 is 0 Å². The number of rotatable bonds is 14. The Labute approximate surface area is 263 Å². The smallest absolute Gasteiger partial charge is 0.251 e. The van der Waals surface area contributed by atoms with Gasteiger partial charge in [0.25, 0.3) is 5.91 Å². The van der Waals surface area contributed by atoms with E-state index in [1.54, 1.807) is 50.7 Å². The number of thioether (sulfide) groups is 1. The van der Waals surface area contributed by atoms with Crippen LogP contribution in [0.5, 0.6) is 0 Å². The van der Waals surface area contributed by atoms with E-state index in [0.717, 1.165) is 31.4 Å². The summed E-state index contributed by atoms with van der Waals surface area (Å²) in [6.07, 6.45) is 8.01. The van der Waals surface area contributed by atoms with Crippen molar-refractivity contribution >= 4 is 52.5 Å². The number of nitrogens with zero attached hydrogens (tertiary/aromatic N) is 3. The standard InChI is InChI=1S/C34H40ClN3O4S/c1-3-20-36(25-12-8-7-9-13-25)31(40)28-27-18-19-34(43-27)29(28)32(41)38(22-10-5-6-11-23-39)30(34)33(42)37(21-4-2)26-16-14-24(35)15-17-26/h3-4,7-9,12-17,27-30,39H,1-2,5-6,10-11,18-23H2/t27-,28+,29-,30?,34?/m0/s1. The topological polar surface area (TPSA) is 81.2 Å². The molecule has 3 heterocycles. The van der Waals surface area contributed by atoms with E-state index in [4.69, 9.17) is 11.6 Å². The lowest BCUT2D eigenvalue weighted by Crippen LogP contribution is -2.55. The molecule has 1 spiro atoms. The first-order valence-corrected chi connectivity index (χ1v) is 16.4. The van der Waals surface area contributed by atoms with Gasteiger partial charge in [-0.25, -0.2) is 0 Å². The third-order valence-electron chi connectivity index (χ3n) is 8.99. The number of fused-ring (bicyclic) bond motifs is 1. The molecular weight excluding hydrogens is 582 g/mol. The first-order chi connectivity index (χ1) is 20.9. The molecule has 2 aromatic carbocycles. The average molecular weight is 622 g/mol. The summed E-state index contributed by atoms with van der Waals surface area (Å²) in [7, 11) is 0. The summed E-state index contributed by atoms with van der Waals surface area (Å²) in [6, 6.07) is 15.9. The largest absolute Gasteiger partial charge is 0.396 e. The van der Waals surface area contributed by atoms with E-state index in [0.29, 0.717) is 36.6 Å². The number of carbonyl (C=O) groups is 3. The predicted molar refractivity (Wildman–Crippen MR) is 174 cm³/mol. The average Bonchev–Trinajstić information content (AvgIpc) is 3.66. The van der Waals surface area contributed by atoms with Crippen molar-refractivity contribution in [3.63, 3.8) is 0 Å².